The Hall–Kier alpha value is -4.08. The smallest absolute Gasteiger partial charge is 0.408 e. The van der Waals surface area contributed by atoms with Crippen molar-refractivity contribution < 1.29 is 33.8 Å². The van der Waals surface area contributed by atoms with E-state index in [1.54, 1.807) is 67.5 Å². The average Bonchev–Trinajstić information content (AvgIpc) is 2.97. The first-order valence-corrected chi connectivity index (χ1v) is 17.1. The molecular formula is C38H57N3O7. The SMILES string of the molecule is CCCCCCCN(C(=O)C(NC(=O)OC(C)(C)C)C(C)C)C(C(=O)NC(Cc1ccccc1)C(=O)OC(C)(C)C)c1cccc(O)c1. The number of alkyl carbamates (subject to hydrolysis) is 1. The standard InChI is InChI=1S/C38H57N3O7/c1-10-11-12-13-17-23-41(34(44)31(26(2)3)40-36(46)48-38(7,8)9)32(28-21-18-22-29(42)25-28)33(43)39-30(35(45)47-37(4,5)6)24-27-19-15-14-16-20-27/h14-16,18-22,25-26,30-32,42H,10-13,17,23-24H2,1-9H3,(H,39,43)(H,40,46). The first-order valence-electron chi connectivity index (χ1n) is 17.1. The second kappa shape index (κ2) is 18.5. The van der Waals surface area contributed by atoms with Gasteiger partial charge in [0.1, 0.15) is 35.1 Å². The Labute approximate surface area is 287 Å². The van der Waals surface area contributed by atoms with Crippen LogP contribution >= 0.6 is 0 Å². The monoisotopic (exact) mass is 667 g/mol. The number of hydrogen-bond acceptors (Lipinski definition) is 7. The quantitative estimate of drug-likeness (QED) is 0.132. The normalized spacial score (nSPS) is 13.6. The number of rotatable bonds is 16. The van der Waals surface area contributed by atoms with Crippen LogP contribution in [-0.4, -0.2) is 63.7 Å². The maximum absolute atomic E-state index is 14.5. The number of benzene rings is 2. The summed E-state index contributed by atoms with van der Waals surface area (Å²) in [6, 6.07) is 12.1. The van der Waals surface area contributed by atoms with Gasteiger partial charge in [0.05, 0.1) is 0 Å². The van der Waals surface area contributed by atoms with Gasteiger partial charge < -0.3 is 30.1 Å². The van der Waals surface area contributed by atoms with Gasteiger partial charge in [-0.3, -0.25) is 9.59 Å². The Morgan fingerprint density at radius 2 is 1.44 bits per heavy atom. The molecule has 0 spiro atoms. The van der Waals surface area contributed by atoms with Crippen LogP contribution < -0.4 is 10.6 Å². The van der Waals surface area contributed by atoms with Crippen LogP contribution in [0.1, 0.15) is 112 Å². The van der Waals surface area contributed by atoms with Crippen LogP contribution in [0.5, 0.6) is 5.75 Å². The van der Waals surface area contributed by atoms with E-state index in [2.05, 4.69) is 17.6 Å². The highest BCUT2D eigenvalue weighted by Crippen LogP contribution is 2.28. The highest BCUT2D eigenvalue weighted by Gasteiger charge is 2.39. The second-order valence-corrected chi connectivity index (χ2v) is 14.6. The summed E-state index contributed by atoms with van der Waals surface area (Å²) >= 11 is 0. The van der Waals surface area contributed by atoms with E-state index in [0.717, 1.165) is 31.2 Å². The van der Waals surface area contributed by atoms with E-state index in [0.29, 0.717) is 12.0 Å². The van der Waals surface area contributed by atoms with Crippen LogP contribution in [-0.2, 0) is 30.3 Å². The van der Waals surface area contributed by atoms with Crippen molar-refractivity contribution in [2.24, 2.45) is 5.92 Å². The molecule has 3 N–H and O–H groups in total. The van der Waals surface area contributed by atoms with E-state index in [1.807, 2.05) is 30.3 Å². The first kappa shape index (κ1) is 40.1. The van der Waals surface area contributed by atoms with Gasteiger partial charge >= 0.3 is 12.1 Å². The first-order chi connectivity index (χ1) is 22.4. The van der Waals surface area contributed by atoms with Crippen molar-refractivity contribution in [2.75, 3.05) is 6.54 Å². The van der Waals surface area contributed by atoms with Gasteiger partial charge in [-0.15, -0.1) is 0 Å². The Morgan fingerprint density at radius 1 is 0.812 bits per heavy atom. The minimum absolute atomic E-state index is 0.0825. The van der Waals surface area contributed by atoms with Crippen molar-refractivity contribution in [2.45, 2.75) is 130 Å². The summed E-state index contributed by atoms with van der Waals surface area (Å²) in [5, 5.41) is 16.1. The maximum Gasteiger partial charge on any atom is 0.408 e. The van der Waals surface area contributed by atoms with Gasteiger partial charge in [0.25, 0.3) is 0 Å². The van der Waals surface area contributed by atoms with Crippen LogP contribution in [0, 0.1) is 5.92 Å². The van der Waals surface area contributed by atoms with Gasteiger partial charge in [-0.1, -0.05) is 88.9 Å². The number of esters is 1. The average molecular weight is 668 g/mol. The van der Waals surface area contributed by atoms with Crippen molar-refractivity contribution in [3.05, 3.63) is 65.7 Å². The van der Waals surface area contributed by atoms with Crippen LogP contribution in [0.4, 0.5) is 4.79 Å². The van der Waals surface area contributed by atoms with Crippen molar-refractivity contribution in [1.82, 2.24) is 15.5 Å². The zero-order chi connectivity index (χ0) is 36.1. The molecule has 0 radical (unpaired) electrons. The molecule has 2 aromatic carbocycles. The molecule has 2 rings (SSSR count). The van der Waals surface area contributed by atoms with Crippen LogP contribution in [0.2, 0.25) is 0 Å². The summed E-state index contributed by atoms with van der Waals surface area (Å²) in [5.41, 5.74) is -0.420. The van der Waals surface area contributed by atoms with Crippen LogP contribution in [0.25, 0.3) is 0 Å². The largest absolute Gasteiger partial charge is 0.508 e. The predicted octanol–water partition coefficient (Wildman–Crippen LogP) is 6.85. The minimum Gasteiger partial charge on any atom is -0.508 e. The molecule has 0 aliphatic carbocycles. The summed E-state index contributed by atoms with van der Waals surface area (Å²) in [7, 11) is 0. The number of hydrogen-bond donors (Lipinski definition) is 3. The zero-order valence-electron chi connectivity index (χ0n) is 30.3. The maximum atomic E-state index is 14.5. The molecule has 0 saturated carbocycles. The second-order valence-electron chi connectivity index (χ2n) is 14.6. The number of unbranched alkanes of at least 4 members (excludes halogenated alkanes) is 4. The topological polar surface area (TPSA) is 134 Å². The van der Waals surface area contributed by atoms with E-state index < -0.39 is 53.2 Å². The molecule has 48 heavy (non-hydrogen) atoms. The lowest BCUT2D eigenvalue weighted by molar-refractivity contribution is -0.159. The molecule has 0 aromatic heterocycles. The van der Waals surface area contributed by atoms with E-state index in [1.165, 1.54) is 17.0 Å². The van der Waals surface area contributed by atoms with Crippen molar-refractivity contribution in [1.29, 1.82) is 0 Å². The molecule has 0 heterocycles. The molecule has 266 valence electrons. The number of carbonyl (C=O) groups is 4. The fourth-order valence-corrected chi connectivity index (χ4v) is 5.21. The van der Waals surface area contributed by atoms with E-state index >= 15 is 0 Å². The molecule has 10 nitrogen and oxygen atoms in total. The van der Waals surface area contributed by atoms with Gasteiger partial charge in [0.15, 0.2) is 0 Å². The minimum atomic E-state index is -1.24. The number of amides is 3. The van der Waals surface area contributed by atoms with Gasteiger partial charge in [-0.25, -0.2) is 9.59 Å². The highest BCUT2D eigenvalue weighted by atomic mass is 16.6. The third kappa shape index (κ3) is 14.0. The Balaban J connectivity index is 2.61. The summed E-state index contributed by atoms with van der Waals surface area (Å²) < 4.78 is 11.2. The van der Waals surface area contributed by atoms with E-state index in [4.69, 9.17) is 9.47 Å². The molecule has 0 fully saturated rings. The molecule has 0 bridgehead atoms. The number of ether oxygens (including phenoxy) is 2. The van der Waals surface area contributed by atoms with E-state index in [9.17, 15) is 24.3 Å². The van der Waals surface area contributed by atoms with Crippen LogP contribution in [0.15, 0.2) is 54.6 Å². The number of carbonyl (C=O) groups excluding carboxylic acids is 4. The lowest BCUT2D eigenvalue weighted by atomic mass is 9.97. The highest BCUT2D eigenvalue weighted by molar-refractivity contribution is 5.94. The Morgan fingerprint density at radius 3 is 2.00 bits per heavy atom. The molecule has 2 aromatic rings. The number of nitrogens with zero attached hydrogens (tertiary/aromatic N) is 1. The number of phenols is 1. The molecular weight excluding hydrogens is 610 g/mol. The van der Waals surface area contributed by atoms with Crippen molar-refractivity contribution in [3.63, 3.8) is 0 Å². The summed E-state index contributed by atoms with van der Waals surface area (Å²) in [4.78, 5) is 56.9. The molecule has 3 atom stereocenters. The van der Waals surface area contributed by atoms with Gasteiger partial charge in [0.2, 0.25) is 11.8 Å². The summed E-state index contributed by atoms with van der Waals surface area (Å²) in [6.07, 6.45) is 3.88. The fourth-order valence-electron chi connectivity index (χ4n) is 5.21. The molecule has 0 aliphatic heterocycles. The Bertz CT molecular complexity index is 1330. The fraction of sp³-hybridized carbons (Fsp3) is 0.579. The number of phenolic OH excluding ortho intramolecular Hbond substituents is 1. The molecule has 3 amide bonds. The molecule has 0 saturated heterocycles. The Kier molecular flexibility index (Phi) is 15.4. The predicted molar refractivity (Wildman–Crippen MR) is 187 cm³/mol. The lowest BCUT2D eigenvalue weighted by Crippen LogP contribution is -2.56. The van der Waals surface area contributed by atoms with Gasteiger partial charge in [-0.2, -0.15) is 0 Å². The third-order valence-electron chi connectivity index (χ3n) is 7.43. The summed E-state index contributed by atoms with van der Waals surface area (Å²) in [5.74, 6) is -2.15. The third-order valence-corrected chi connectivity index (χ3v) is 7.43. The van der Waals surface area contributed by atoms with Gasteiger partial charge in [0, 0.05) is 13.0 Å². The zero-order valence-corrected chi connectivity index (χ0v) is 30.3. The van der Waals surface area contributed by atoms with Crippen LogP contribution in [0.3, 0.4) is 0 Å². The van der Waals surface area contributed by atoms with Crippen molar-refractivity contribution in [3.8, 4) is 5.75 Å². The molecule has 0 aliphatic rings. The number of aromatic hydroxyl groups is 1. The lowest BCUT2D eigenvalue weighted by Gasteiger charge is -2.36. The van der Waals surface area contributed by atoms with Gasteiger partial charge in [-0.05, 0) is 77.1 Å². The van der Waals surface area contributed by atoms with Crippen molar-refractivity contribution >= 4 is 23.9 Å². The molecule has 3 unspecified atom stereocenters. The van der Waals surface area contributed by atoms with E-state index in [-0.39, 0.29) is 24.6 Å². The molecule has 10 heteroatoms. The summed E-state index contributed by atoms with van der Waals surface area (Å²) in [6.45, 7) is 16.4. The number of nitrogens with one attached hydrogen (secondary N) is 2.